The molecule has 20 heavy (non-hydrogen) atoms. The van der Waals surface area contributed by atoms with Crippen molar-refractivity contribution in [1.82, 2.24) is 0 Å². The van der Waals surface area contributed by atoms with E-state index in [1.807, 2.05) is 0 Å². The van der Waals surface area contributed by atoms with Crippen molar-refractivity contribution in [3.8, 4) is 0 Å². The summed E-state index contributed by atoms with van der Waals surface area (Å²) < 4.78 is 74.2. The summed E-state index contributed by atoms with van der Waals surface area (Å²) in [6, 6.07) is 1.11. The number of hydrogen-bond donors (Lipinski definition) is 0. The molecule has 0 aromatic heterocycles. The van der Waals surface area contributed by atoms with Crippen LogP contribution in [0.25, 0.3) is 0 Å². The molecule has 0 atom stereocenters. The highest BCUT2D eigenvalue weighted by Gasteiger charge is 2.38. The average Bonchev–Trinajstić information content (AvgIpc) is 2.26. The molecule has 0 aliphatic rings. The van der Waals surface area contributed by atoms with Gasteiger partial charge in [-0.05, 0) is 6.07 Å². The number of nitro groups is 1. The van der Waals surface area contributed by atoms with Crippen LogP contribution in [0.4, 0.5) is 37.7 Å². The number of alkyl halides is 6. The van der Waals surface area contributed by atoms with Crippen LogP contribution in [0.1, 0.15) is 5.56 Å². The minimum Gasteiger partial charge on any atom is -0.258 e. The zero-order valence-electron chi connectivity index (χ0n) is 9.09. The maximum absolute atomic E-state index is 12.6. The maximum atomic E-state index is 12.6. The van der Waals surface area contributed by atoms with Crippen molar-refractivity contribution >= 4 is 28.1 Å². The Labute approximate surface area is 111 Å². The number of hydrogen-bond acceptors (Lipinski definition) is 3. The first-order chi connectivity index (χ1) is 8.93. The average molecular weight is 321 g/mol. The second-order valence-corrected chi connectivity index (χ2v) is 3.71. The van der Waals surface area contributed by atoms with E-state index in [0.717, 1.165) is 0 Å². The summed E-state index contributed by atoms with van der Waals surface area (Å²) >= 11 is 4.74. The summed E-state index contributed by atoms with van der Waals surface area (Å²) in [5.74, 6) is 0. The number of rotatable bonds is 2. The molecule has 1 aromatic rings. The lowest BCUT2D eigenvalue weighted by atomic mass is 10.1. The molecule has 0 heterocycles. The molecule has 0 N–H and O–H groups in total. The SMILES string of the molecule is O=[N+]([O-])c1ccc(N=C(Cl)C(F)(F)F)c(C(F)(F)F)c1. The van der Waals surface area contributed by atoms with Gasteiger partial charge in [-0.2, -0.15) is 26.3 Å². The molecule has 11 heteroatoms. The van der Waals surface area contributed by atoms with E-state index in [1.54, 1.807) is 0 Å². The van der Waals surface area contributed by atoms with Crippen molar-refractivity contribution < 1.29 is 31.3 Å². The van der Waals surface area contributed by atoms with E-state index in [0.29, 0.717) is 12.1 Å². The molecule has 0 spiro atoms. The molecule has 4 nitrogen and oxygen atoms in total. The zero-order valence-corrected chi connectivity index (χ0v) is 9.84. The number of aliphatic imine (C=N–C) groups is 1. The van der Waals surface area contributed by atoms with Crippen LogP contribution in [0.2, 0.25) is 0 Å². The van der Waals surface area contributed by atoms with Gasteiger partial charge in [-0.25, -0.2) is 4.99 Å². The molecule has 0 fully saturated rings. The van der Waals surface area contributed by atoms with Crippen molar-refractivity contribution in [3.05, 3.63) is 33.9 Å². The standard InChI is InChI=1S/C9H3ClF6N2O2/c10-7(9(14,15)16)17-6-2-1-4(18(19)20)3-5(6)8(11,12)13/h1-3H. The van der Waals surface area contributed by atoms with E-state index in [2.05, 4.69) is 4.99 Å². The van der Waals surface area contributed by atoms with Gasteiger partial charge in [-0.1, -0.05) is 11.6 Å². The zero-order chi connectivity index (χ0) is 15.7. The molecule has 110 valence electrons. The fourth-order valence-corrected chi connectivity index (χ4v) is 1.22. The second-order valence-electron chi connectivity index (χ2n) is 3.36. The Kier molecular flexibility index (Phi) is 4.27. The quantitative estimate of drug-likeness (QED) is 0.350. The smallest absolute Gasteiger partial charge is 0.258 e. The van der Waals surface area contributed by atoms with Gasteiger partial charge in [0.15, 0.2) is 0 Å². The Hall–Kier alpha value is -1.84. The normalized spacial score (nSPS) is 13.4. The first kappa shape index (κ1) is 16.2. The third-order valence-corrected chi connectivity index (χ3v) is 2.25. The predicted octanol–water partition coefficient (Wildman–Crippen LogP) is 4.44. The largest absolute Gasteiger partial charge is 0.444 e. The van der Waals surface area contributed by atoms with Crippen LogP contribution in [0.3, 0.4) is 0 Å². The fourth-order valence-electron chi connectivity index (χ4n) is 1.13. The van der Waals surface area contributed by atoms with Gasteiger partial charge in [-0.3, -0.25) is 10.1 Å². The van der Waals surface area contributed by atoms with Gasteiger partial charge >= 0.3 is 12.4 Å². The summed E-state index contributed by atoms with van der Waals surface area (Å²) in [5, 5.41) is 8.35. The third-order valence-electron chi connectivity index (χ3n) is 1.95. The Balaban J connectivity index is 3.45. The van der Waals surface area contributed by atoms with Gasteiger partial charge in [0, 0.05) is 12.1 Å². The van der Waals surface area contributed by atoms with E-state index >= 15 is 0 Å². The Bertz CT molecular complexity index is 567. The summed E-state index contributed by atoms with van der Waals surface area (Å²) in [6.07, 6.45) is -10.2. The Morgan fingerprint density at radius 3 is 2.15 bits per heavy atom. The van der Waals surface area contributed by atoms with Crippen LogP contribution in [0.5, 0.6) is 0 Å². The maximum Gasteiger partial charge on any atom is 0.444 e. The lowest BCUT2D eigenvalue weighted by Crippen LogP contribution is -2.17. The highest BCUT2D eigenvalue weighted by Crippen LogP contribution is 2.39. The van der Waals surface area contributed by atoms with Crippen LogP contribution in [0.15, 0.2) is 23.2 Å². The number of nitrogens with zero attached hydrogens (tertiary/aromatic N) is 2. The molecule has 0 unspecified atom stereocenters. The fraction of sp³-hybridized carbons (Fsp3) is 0.222. The van der Waals surface area contributed by atoms with Gasteiger partial charge in [0.1, 0.15) is 0 Å². The van der Waals surface area contributed by atoms with Crippen LogP contribution in [-0.4, -0.2) is 16.3 Å². The number of halogens is 7. The first-order valence-corrected chi connectivity index (χ1v) is 4.97. The highest BCUT2D eigenvalue weighted by molar-refractivity contribution is 6.67. The highest BCUT2D eigenvalue weighted by atomic mass is 35.5. The van der Waals surface area contributed by atoms with E-state index in [-0.39, 0.29) is 6.07 Å². The summed E-state index contributed by atoms with van der Waals surface area (Å²) in [6.45, 7) is 0. The minimum atomic E-state index is -5.12. The number of benzene rings is 1. The van der Waals surface area contributed by atoms with Gasteiger partial charge < -0.3 is 0 Å². The van der Waals surface area contributed by atoms with Crippen molar-refractivity contribution in [2.75, 3.05) is 0 Å². The summed E-state index contributed by atoms with van der Waals surface area (Å²) in [7, 11) is 0. The molecular formula is C9H3ClF6N2O2. The predicted molar refractivity (Wildman–Crippen MR) is 57.1 cm³/mol. The molecule has 0 saturated heterocycles. The number of non-ortho nitro benzene ring substituents is 1. The Morgan fingerprint density at radius 2 is 1.75 bits per heavy atom. The van der Waals surface area contributed by atoms with Gasteiger partial charge in [0.05, 0.1) is 16.2 Å². The summed E-state index contributed by atoms with van der Waals surface area (Å²) in [5.41, 5.74) is -3.78. The lowest BCUT2D eigenvalue weighted by Gasteiger charge is -2.10. The molecule has 0 aliphatic heterocycles. The molecule has 0 amide bonds. The van der Waals surface area contributed by atoms with Crippen molar-refractivity contribution in [3.63, 3.8) is 0 Å². The third kappa shape index (κ3) is 3.83. The van der Waals surface area contributed by atoms with Crippen molar-refractivity contribution in [2.45, 2.75) is 12.4 Å². The first-order valence-electron chi connectivity index (χ1n) is 4.60. The topological polar surface area (TPSA) is 55.5 Å². The van der Waals surface area contributed by atoms with Crippen molar-refractivity contribution in [1.29, 1.82) is 0 Å². The van der Waals surface area contributed by atoms with Crippen molar-refractivity contribution in [2.24, 2.45) is 4.99 Å². The molecule has 0 saturated carbocycles. The number of nitro benzene ring substituents is 1. The Morgan fingerprint density at radius 1 is 1.20 bits per heavy atom. The summed E-state index contributed by atoms with van der Waals surface area (Å²) in [4.78, 5) is 11.9. The van der Waals surface area contributed by atoms with Gasteiger partial charge in [-0.15, -0.1) is 0 Å². The molecular weight excluding hydrogens is 318 g/mol. The molecule has 0 bridgehead atoms. The van der Waals surface area contributed by atoms with E-state index < -0.39 is 39.4 Å². The van der Waals surface area contributed by atoms with Crippen LogP contribution < -0.4 is 0 Å². The second kappa shape index (κ2) is 5.27. The van der Waals surface area contributed by atoms with Gasteiger partial charge in [0.2, 0.25) is 5.17 Å². The van der Waals surface area contributed by atoms with E-state index in [9.17, 15) is 36.5 Å². The van der Waals surface area contributed by atoms with Gasteiger partial charge in [0.25, 0.3) is 5.69 Å². The van der Waals surface area contributed by atoms with Crippen LogP contribution in [0, 0.1) is 10.1 Å². The lowest BCUT2D eigenvalue weighted by molar-refractivity contribution is -0.385. The van der Waals surface area contributed by atoms with E-state index in [1.165, 1.54) is 0 Å². The molecule has 1 aromatic carbocycles. The molecule has 0 radical (unpaired) electrons. The molecule has 0 aliphatic carbocycles. The monoisotopic (exact) mass is 320 g/mol. The van der Waals surface area contributed by atoms with E-state index in [4.69, 9.17) is 11.6 Å². The minimum absolute atomic E-state index is 0.0827. The molecule has 1 rings (SSSR count). The van der Waals surface area contributed by atoms with Crippen LogP contribution >= 0.6 is 11.6 Å². The van der Waals surface area contributed by atoms with Crippen LogP contribution in [-0.2, 0) is 6.18 Å².